The van der Waals surface area contributed by atoms with Crippen LogP contribution in [0.3, 0.4) is 0 Å². The monoisotopic (exact) mass is 382 g/mol. The smallest absolute Gasteiger partial charge is 0.279 e. The fourth-order valence-electron chi connectivity index (χ4n) is 2.00. The molecule has 1 aromatic carbocycles. The van der Waals surface area contributed by atoms with E-state index in [0.29, 0.717) is 17.8 Å². The maximum atomic E-state index is 12.0. The van der Waals surface area contributed by atoms with Crippen molar-refractivity contribution in [2.24, 2.45) is 5.73 Å². The third kappa shape index (κ3) is 4.94. The number of rotatable bonds is 6. The molecule has 0 saturated heterocycles. The molecule has 22 heavy (non-hydrogen) atoms. The van der Waals surface area contributed by atoms with Crippen LogP contribution in [0.25, 0.3) is 0 Å². The van der Waals surface area contributed by atoms with Gasteiger partial charge in [0.1, 0.15) is 6.54 Å². The molecule has 1 atom stereocenters. The Labute approximate surface area is 141 Å². The van der Waals surface area contributed by atoms with Gasteiger partial charge >= 0.3 is 0 Å². The van der Waals surface area contributed by atoms with Crippen LogP contribution in [0.2, 0.25) is 0 Å². The Kier molecular flexibility index (Phi) is 5.70. The van der Waals surface area contributed by atoms with E-state index in [4.69, 9.17) is 5.73 Å². The summed E-state index contributed by atoms with van der Waals surface area (Å²) < 4.78 is 1.09. The van der Waals surface area contributed by atoms with E-state index in [0.717, 1.165) is 15.2 Å². The molecule has 2 aromatic rings. The first kappa shape index (κ1) is 16.7. The molecule has 1 aromatic heterocycles. The van der Waals surface area contributed by atoms with E-state index in [1.165, 1.54) is 4.88 Å². The summed E-state index contributed by atoms with van der Waals surface area (Å²) in [5, 5.41) is 2.81. The molecule has 2 amide bonds. The van der Waals surface area contributed by atoms with Crippen LogP contribution in [0.1, 0.15) is 15.2 Å². The number of carbonyl (C=O) groups excluding carboxylic acids is 2. The molecular weight excluding hydrogens is 366 g/mol. The molecule has 0 aliphatic carbocycles. The first-order valence-electron chi connectivity index (χ1n) is 6.69. The van der Waals surface area contributed by atoms with Crippen molar-refractivity contribution in [1.82, 2.24) is 0 Å². The molecule has 116 valence electrons. The first-order chi connectivity index (χ1) is 10.4. The number of benzene rings is 1. The fraction of sp³-hybridized carbons (Fsp3) is 0.200. The number of primary amides is 1. The van der Waals surface area contributed by atoms with Gasteiger partial charge in [0, 0.05) is 11.3 Å². The van der Waals surface area contributed by atoms with Gasteiger partial charge in [-0.1, -0.05) is 0 Å². The number of nitrogens with two attached hydrogens (primary N) is 1. The number of halogens is 1. The number of nitrogens with one attached hydrogen (secondary N) is 2. The molecule has 7 heteroatoms. The number of likely N-dealkylation sites (N-methyl/N-ethyl adjacent to an activating group) is 1. The highest BCUT2D eigenvalue weighted by Crippen LogP contribution is 2.21. The second kappa shape index (κ2) is 7.53. The normalized spacial score (nSPS) is 11.9. The number of quaternary nitrogens is 1. The number of amides is 2. The van der Waals surface area contributed by atoms with Crippen LogP contribution in [0.15, 0.2) is 40.2 Å². The molecule has 2 rings (SSSR count). The quantitative estimate of drug-likeness (QED) is 0.703. The number of anilines is 1. The third-order valence-electron chi connectivity index (χ3n) is 3.02. The van der Waals surface area contributed by atoms with Crippen molar-refractivity contribution >= 4 is 44.8 Å². The summed E-state index contributed by atoms with van der Waals surface area (Å²) in [6.07, 6.45) is 0. The number of hydrogen-bond donors (Lipinski definition) is 3. The fourth-order valence-corrected chi connectivity index (χ4v) is 3.60. The molecule has 0 radical (unpaired) electrons. The summed E-state index contributed by atoms with van der Waals surface area (Å²) >= 11 is 5.10. The number of carbonyl (C=O) groups is 2. The summed E-state index contributed by atoms with van der Waals surface area (Å²) in [6, 6.07) is 10.6. The zero-order valence-corrected chi connectivity index (χ0v) is 14.5. The zero-order valence-electron chi connectivity index (χ0n) is 12.1. The van der Waals surface area contributed by atoms with Gasteiger partial charge in [-0.3, -0.25) is 9.59 Å². The number of hydrogen-bond acceptors (Lipinski definition) is 3. The van der Waals surface area contributed by atoms with E-state index in [9.17, 15) is 9.59 Å². The summed E-state index contributed by atoms with van der Waals surface area (Å²) in [4.78, 5) is 25.3. The van der Waals surface area contributed by atoms with Crippen molar-refractivity contribution in [3.63, 3.8) is 0 Å². The Hall–Kier alpha value is -1.70. The number of thiophene rings is 1. The molecule has 0 saturated carbocycles. The zero-order chi connectivity index (χ0) is 16.1. The standard InChI is InChI=1S/C15H16BrN3O2S/c1-19(8-12-6-7-13(16)22-12)9-14(20)18-11-4-2-10(3-5-11)15(17)21/h2-7H,8-9H2,1H3,(H2,17,21)(H,18,20)/p+1. The van der Waals surface area contributed by atoms with E-state index in [-0.39, 0.29) is 5.91 Å². The predicted octanol–water partition coefficient (Wildman–Crippen LogP) is 1.26. The Balaban J connectivity index is 1.85. The van der Waals surface area contributed by atoms with Gasteiger partial charge in [-0.2, -0.15) is 0 Å². The highest BCUT2D eigenvalue weighted by molar-refractivity contribution is 9.11. The Bertz CT molecular complexity index is 670. The van der Waals surface area contributed by atoms with E-state index in [1.54, 1.807) is 35.6 Å². The van der Waals surface area contributed by atoms with Crippen molar-refractivity contribution in [2.45, 2.75) is 6.54 Å². The summed E-state index contributed by atoms with van der Waals surface area (Å²) in [5.41, 5.74) is 6.25. The average molecular weight is 383 g/mol. The molecule has 5 nitrogen and oxygen atoms in total. The third-order valence-corrected chi connectivity index (χ3v) is 4.64. The lowest BCUT2D eigenvalue weighted by Crippen LogP contribution is -3.08. The Morgan fingerprint density at radius 2 is 1.91 bits per heavy atom. The predicted molar refractivity (Wildman–Crippen MR) is 91.1 cm³/mol. The van der Waals surface area contributed by atoms with Gasteiger partial charge in [-0.15, -0.1) is 11.3 Å². The van der Waals surface area contributed by atoms with Gasteiger partial charge in [-0.25, -0.2) is 0 Å². The molecule has 0 fully saturated rings. The molecule has 0 bridgehead atoms. The maximum absolute atomic E-state index is 12.0. The molecule has 0 aliphatic heterocycles. The van der Waals surface area contributed by atoms with E-state index in [1.807, 2.05) is 13.1 Å². The minimum absolute atomic E-state index is 0.0695. The van der Waals surface area contributed by atoms with Gasteiger partial charge in [0.15, 0.2) is 6.54 Å². The summed E-state index contributed by atoms with van der Waals surface area (Å²) in [7, 11) is 1.98. The van der Waals surface area contributed by atoms with E-state index >= 15 is 0 Å². The van der Waals surface area contributed by atoms with Crippen molar-refractivity contribution in [2.75, 3.05) is 18.9 Å². The van der Waals surface area contributed by atoms with Crippen molar-refractivity contribution in [3.8, 4) is 0 Å². The second-order valence-corrected chi connectivity index (χ2v) is 7.55. The average Bonchev–Trinajstić information content (AvgIpc) is 2.84. The largest absolute Gasteiger partial charge is 0.366 e. The summed E-state index contributed by atoms with van der Waals surface area (Å²) in [6.45, 7) is 1.16. The van der Waals surface area contributed by atoms with Crippen molar-refractivity contribution in [3.05, 3.63) is 50.6 Å². The first-order valence-corrected chi connectivity index (χ1v) is 8.30. The Morgan fingerprint density at radius 1 is 1.23 bits per heavy atom. The van der Waals surface area contributed by atoms with Crippen LogP contribution >= 0.6 is 27.3 Å². The highest BCUT2D eigenvalue weighted by atomic mass is 79.9. The topological polar surface area (TPSA) is 76.6 Å². The lowest BCUT2D eigenvalue weighted by Gasteiger charge is -2.13. The molecular formula is C15H17BrN3O2S+. The molecule has 1 unspecified atom stereocenters. The minimum atomic E-state index is -0.482. The van der Waals surface area contributed by atoms with Crippen LogP contribution in [0, 0.1) is 0 Å². The van der Waals surface area contributed by atoms with Crippen LogP contribution in [-0.4, -0.2) is 25.4 Å². The molecule has 0 aliphatic rings. The lowest BCUT2D eigenvalue weighted by molar-refractivity contribution is -0.884. The van der Waals surface area contributed by atoms with Crippen LogP contribution in [0.4, 0.5) is 5.69 Å². The lowest BCUT2D eigenvalue weighted by atomic mass is 10.2. The second-order valence-electron chi connectivity index (χ2n) is 5.01. The molecule has 0 spiro atoms. The maximum Gasteiger partial charge on any atom is 0.279 e. The summed E-state index contributed by atoms with van der Waals surface area (Å²) in [5.74, 6) is -0.552. The van der Waals surface area contributed by atoms with Gasteiger partial charge in [-0.05, 0) is 52.3 Å². The van der Waals surface area contributed by atoms with Gasteiger partial charge < -0.3 is 16.0 Å². The Morgan fingerprint density at radius 3 is 2.45 bits per heavy atom. The van der Waals surface area contributed by atoms with Crippen molar-refractivity contribution < 1.29 is 14.5 Å². The van der Waals surface area contributed by atoms with Gasteiger partial charge in [0.25, 0.3) is 5.91 Å². The van der Waals surface area contributed by atoms with Crippen LogP contribution in [-0.2, 0) is 11.3 Å². The van der Waals surface area contributed by atoms with Crippen LogP contribution < -0.4 is 16.0 Å². The molecule has 4 N–H and O–H groups in total. The van der Waals surface area contributed by atoms with Gasteiger partial charge in [0.05, 0.1) is 15.7 Å². The SMILES string of the molecule is C[NH+](CC(=O)Nc1ccc(C(N)=O)cc1)Cc1ccc(Br)s1. The minimum Gasteiger partial charge on any atom is -0.366 e. The van der Waals surface area contributed by atoms with E-state index < -0.39 is 5.91 Å². The molecule has 1 heterocycles. The van der Waals surface area contributed by atoms with E-state index in [2.05, 4.69) is 27.3 Å². The highest BCUT2D eigenvalue weighted by Gasteiger charge is 2.12. The van der Waals surface area contributed by atoms with Crippen LogP contribution in [0.5, 0.6) is 0 Å². The van der Waals surface area contributed by atoms with Crippen molar-refractivity contribution in [1.29, 1.82) is 0 Å². The van der Waals surface area contributed by atoms with Gasteiger partial charge in [0.2, 0.25) is 5.91 Å².